The highest BCUT2D eigenvalue weighted by atomic mass is 32.2. The average Bonchev–Trinajstić information content (AvgIpc) is 2.99. The van der Waals surface area contributed by atoms with E-state index in [2.05, 4.69) is 9.82 Å². The van der Waals surface area contributed by atoms with E-state index in [4.69, 9.17) is 5.73 Å². The lowest BCUT2D eigenvalue weighted by atomic mass is 10.0. The molecule has 6 nitrogen and oxygen atoms in total. The number of hydrogen-bond donors (Lipinski definition) is 3. The third-order valence-electron chi connectivity index (χ3n) is 3.53. The topological polar surface area (TPSA) is 101 Å². The Kier molecular flexibility index (Phi) is 4.36. The lowest BCUT2D eigenvalue weighted by Gasteiger charge is -2.11. The van der Waals surface area contributed by atoms with Crippen LogP contribution in [-0.2, 0) is 16.2 Å². The maximum absolute atomic E-state index is 13.3. The first kappa shape index (κ1) is 17.8. The molecule has 0 fully saturated rings. The Morgan fingerprint density at radius 2 is 1.62 bits per heavy atom. The van der Waals surface area contributed by atoms with Crippen LogP contribution in [0.3, 0.4) is 0 Å². The monoisotopic (exact) mass is 382 g/mol. The SMILES string of the molecule is Nc1ccc(-c2c(NS(=O)(=O)c3ccccc3)n[nH]c2C(F)(F)F)cc1. The second kappa shape index (κ2) is 6.37. The van der Waals surface area contributed by atoms with Crippen molar-refractivity contribution in [2.45, 2.75) is 11.1 Å². The van der Waals surface area contributed by atoms with Gasteiger partial charge >= 0.3 is 6.18 Å². The van der Waals surface area contributed by atoms with Gasteiger partial charge in [0.2, 0.25) is 0 Å². The van der Waals surface area contributed by atoms with Crippen LogP contribution in [0.25, 0.3) is 11.1 Å². The van der Waals surface area contributed by atoms with Gasteiger partial charge in [0, 0.05) is 5.69 Å². The molecule has 0 radical (unpaired) electrons. The Morgan fingerprint density at radius 1 is 1.00 bits per heavy atom. The van der Waals surface area contributed by atoms with Gasteiger partial charge in [0.1, 0.15) is 5.69 Å². The smallest absolute Gasteiger partial charge is 0.399 e. The zero-order valence-corrected chi connectivity index (χ0v) is 13.9. The van der Waals surface area contributed by atoms with E-state index in [0.29, 0.717) is 5.69 Å². The molecule has 0 unspecified atom stereocenters. The highest BCUT2D eigenvalue weighted by molar-refractivity contribution is 7.92. The maximum atomic E-state index is 13.3. The van der Waals surface area contributed by atoms with Crippen LogP contribution in [0.5, 0.6) is 0 Å². The molecule has 10 heteroatoms. The van der Waals surface area contributed by atoms with Crippen molar-refractivity contribution in [3.63, 3.8) is 0 Å². The summed E-state index contributed by atoms with van der Waals surface area (Å²) in [5.41, 5.74) is 4.47. The number of nitrogens with two attached hydrogens (primary N) is 1. The number of hydrogen-bond acceptors (Lipinski definition) is 4. The number of nitrogen functional groups attached to an aromatic ring is 1. The first-order valence-electron chi connectivity index (χ1n) is 7.28. The second-order valence-electron chi connectivity index (χ2n) is 5.36. The van der Waals surface area contributed by atoms with Crippen LogP contribution >= 0.6 is 0 Å². The molecule has 0 bridgehead atoms. The van der Waals surface area contributed by atoms with Gasteiger partial charge in [-0.1, -0.05) is 30.3 Å². The van der Waals surface area contributed by atoms with Crippen molar-refractivity contribution >= 4 is 21.5 Å². The van der Waals surface area contributed by atoms with Crippen LogP contribution in [0, 0.1) is 0 Å². The summed E-state index contributed by atoms with van der Waals surface area (Å²) in [6.45, 7) is 0. The van der Waals surface area contributed by atoms with Crippen LogP contribution in [-0.4, -0.2) is 18.6 Å². The number of aromatic nitrogens is 2. The molecule has 136 valence electrons. The molecule has 0 aliphatic carbocycles. The number of rotatable bonds is 4. The van der Waals surface area contributed by atoms with Gasteiger partial charge in [-0.2, -0.15) is 18.3 Å². The van der Waals surface area contributed by atoms with Gasteiger partial charge in [0.05, 0.1) is 10.5 Å². The molecule has 3 aromatic rings. The molecule has 0 spiro atoms. The lowest BCUT2D eigenvalue weighted by Crippen LogP contribution is -2.14. The average molecular weight is 382 g/mol. The van der Waals surface area contributed by atoms with E-state index in [1.165, 1.54) is 48.5 Å². The van der Waals surface area contributed by atoms with Gasteiger partial charge in [-0.3, -0.25) is 9.82 Å². The molecular formula is C16H13F3N4O2S. The Labute approximate surface area is 146 Å². The Balaban J connectivity index is 2.11. The van der Waals surface area contributed by atoms with Crippen LogP contribution in [0.4, 0.5) is 24.7 Å². The van der Waals surface area contributed by atoms with Crippen molar-refractivity contribution in [1.82, 2.24) is 10.2 Å². The number of benzene rings is 2. The molecule has 0 atom stereocenters. The van der Waals surface area contributed by atoms with Gasteiger partial charge in [-0.25, -0.2) is 8.42 Å². The number of alkyl halides is 3. The first-order chi connectivity index (χ1) is 12.2. The molecule has 1 aromatic heterocycles. The number of aromatic amines is 1. The summed E-state index contributed by atoms with van der Waals surface area (Å²) in [5, 5.41) is 5.39. The van der Waals surface area contributed by atoms with Crippen LogP contribution in [0.1, 0.15) is 5.69 Å². The molecule has 1 heterocycles. The third-order valence-corrected chi connectivity index (χ3v) is 4.89. The minimum absolute atomic E-state index is 0.0974. The minimum atomic E-state index is -4.75. The molecule has 0 saturated carbocycles. The van der Waals surface area contributed by atoms with Crippen molar-refractivity contribution < 1.29 is 21.6 Å². The number of H-pyrrole nitrogens is 1. The number of nitrogens with zero attached hydrogens (tertiary/aromatic N) is 1. The molecular weight excluding hydrogens is 369 g/mol. The zero-order chi connectivity index (χ0) is 18.9. The minimum Gasteiger partial charge on any atom is -0.399 e. The fraction of sp³-hybridized carbons (Fsp3) is 0.0625. The predicted octanol–water partition coefficient (Wildman–Crippen LogP) is 3.48. The molecule has 26 heavy (non-hydrogen) atoms. The highest BCUT2D eigenvalue weighted by Crippen LogP contribution is 2.40. The number of halogens is 3. The van der Waals surface area contributed by atoms with Gasteiger partial charge in [0.25, 0.3) is 10.0 Å². The van der Waals surface area contributed by atoms with Crippen LogP contribution in [0.2, 0.25) is 0 Å². The first-order valence-corrected chi connectivity index (χ1v) is 8.76. The summed E-state index contributed by atoms with van der Waals surface area (Å²) in [6, 6.07) is 12.8. The quantitative estimate of drug-likeness (QED) is 0.602. The fourth-order valence-electron chi connectivity index (χ4n) is 2.34. The largest absolute Gasteiger partial charge is 0.433 e. The van der Waals surface area contributed by atoms with E-state index in [1.807, 2.05) is 5.10 Å². The van der Waals surface area contributed by atoms with Gasteiger partial charge in [0.15, 0.2) is 5.82 Å². The standard InChI is InChI=1S/C16H13F3N4O2S/c17-16(18,19)14-13(10-6-8-11(20)9-7-10)15(22-21-14)23-26(24,25)12-4-2-1-3-5-12/h1-9H,20H2,(H2,21,22,23). The maximum Gasteiger partial charge on any atom is 0.433 e. The van der Waals surface area contributed by atoms with Gasteiger partial charge < -0.3 is 5.73 Å². The Hall–Kier alpha value is -3.01. The summed E-state index contributed by atoms with van der Waals surface area (Å²) in [4.78, 5) is -0.0974. The number of sulfonamides is 1. The summed E-state index contributed by atoms with van der Waals surface area (Å²) < 4.78 is 66.9. The van der Waals surface area contributed by atoms with Crippen molar-refractivity contribution in [3.8, 4) is 11.1 Å². The van der Waals surface area contributed by atoms with Crippen molar-refractivity contribution in [1.29, 1.82) is 0 Å². The Bertz CT molecular complexity index is 1010. The third kappa shape index (κ3) is 3.49. The van der Waals surface area contributed by atoms with E-state index in [-0.39, 0.29) is 10.5 Å². The summed E-state index contributed by atoms with van der Waals surface area (Å²) in [7, 11) is -4.11. The molecule has 0 aliphatic heterocycles. The summed E-state index contributed by atoms with van der Waals surface area (Å²) in [6.07, 6.45) is -4.75. The Morgan fingerprint density at radius 3 is 2.19 bits per heavy atom. The fourth-order valence-corrected chi connectivity index (χ4v) is 3.37. The van der Waals surface area contributed by atoms with Crippen molar-refractivity contribution in [2.24, 2.45) is 0 Å². The molecule has 3 rings (SSSR count). The van der Waals surface area contributed by atoms with Gasteiger partial charge in [-0.05, 0) is 29.8 Å². The van der Waals surface area contributed by atoms with Gasteiger partial charge in [-0.15, -0.1) is 0 Å². The second-order valence-corrected chi connectivity index (χ2v) is 7.04. The number of nitrogens with one attached hydrogen (secondary N) is 2. The van der Waals surface area contributed by atoms with E-state index >= 15 is 0 Å². The number of anilines is 2. The molecule has 4 N–H and O–H groups in total. The van der Waals surface area contributed by atoms with E-state index in [1.54, 1.807) is 6.07 Å². The lowest BCUT2D eigenvalue weighted by molar-refractivity contribution is -0.140. The normalized spacial score (nSPS) is 12.1. The highest BCUT2D eigenvalue weighted by Gasteiger charge is 2.38. The molecule has 0 amide bonds. The molecule has 0 saturated heterocycles. The predicted molar refractivity (Wildman–Crippen MR) is 90.7 cm³/mol. The van der Waals surface area contributed by atoms with Crippen molar-refractivity contribution in [3.05, 3.63) is 60.3 Å². The summed E-state index contributed by atoms with van der Waals surface area (Å²) >= 11 is 0. The molecule has 0 aliphatic rings. The van der Waals surface area contributed by atoms with Crippen LogP contribution in [0.15, 0.2) is 59.5 Å². The molecule has 2 aromatic carbocycles. The van der Waals surface area contributed by atoms with E-state index in [9.17, 15) is 21.6 Å². The van der Waals surface area contributed by atoms with Crippen LogP contribution < -0.4 is 10.5 Å². The van der Waals surface area contributed by atoms with E-state index < -0.39 is 33.3 Å². The zero-order valence-electron chi connectivity index (χ0n) is 13.1. The summed E-state index contributed by atoms with van der Waals surface area (Å²) in [5.74, 6) is -0.453. The van der Waals surface area contributed by atoms with Crippen molar-refractivity contribution in [2.75, 3.05) is 10.5 Å². The van der Waals surface area contributed by atoms with E-state index in [0.717, 1.165) is 0 Å².